The number of nitrogens with one attached hydrogen (secondary N) is 1. The molecular formula is C20H29Br2N3O6S. The van der Waals surface area contributed by atoms with E-state index in [0.29, 0.717) is 15.5 Å². The van der Waals surface area contributed by atoms with Crippen LogP contribution in [0.25, 0.3) is 0 Å². The Labute approximate surface area is 205 Å². The Morgan fingerprint density at radius 1 is 1.34 bits per heavy atom. The summed E-state index contributed by atoms with van der Waals surface area (Å²) >= 11 is 6.53. The third-order valence-corrected chi connectivity index (χ3v) is 8.86. The third kappa shape index (κ3) is 5.57. The molecule has 1 aliphatic rings. The fraction of sp³-hybridized carbons (Fsp3) is 0.600. The van der Waals surface area contributed by atoms with Crippen molar-refractivity contribution in [1.29, 1.82) is 0 Å². The molecule has 2 atom stereocenters. The molecule has 1 aromatic carbocycles. The minimum absolute atomic E-state index is 0.0398. The van der Waals surface area contributed by atoms with E-state index in [1.54, 1.807) is 26.1 Å². The van der Waals surface area contributed by atoms with Crippen molar-refractivity contribution in [2.45, 2.75) is 50.6 Å². The number of benzene rings is 1. The summed E-state index contributed by atoms with van der Waals surface area (Å²) in [5, 5.41) is 9.93. The van der Waals surface area contributed by atoms with Gasteiger partial charge in [0.1, 0.15) is 6.61 Å². The first kappa shape index (κ1) is 26.9. The lowest BCUT2D eigenvalue weighted by Crippen LogP contribution is -2.58. The second kappa shape index (κ2) is 9.86. The maximum atomic E-state index is 13.1. The molecule has 2 amide bonds. The topological polar surface area (TPSA) is 116 Å². The monoisotopic (exact) mass is 597 g/mol. The molecular weight excluding hydrogens is 570 g/mol. The molecule has 2 N–H and O–H groups in total. The van der Waals surface area contributed by atoms with E-state index in [4.69, 9.17) is 4.74 Å². The average molecular weight is 599 g/mol. The Kier molecular flexibility index (Phi) is 8.28. The van der Waals surface area contributed by atoms with Gasteiger partial charge in [0.25, 0.3) is 0 Å². The van der Waals surface area contributed by atoms with E-state index in [9.17, 15) is 23.1 Å². The van der Waals surface area contributed by atoms with Crippen molar-refractivity contribution < 1.29 is 27.9 Å². The van der Waals surface area contributed by atoms with Gasteiger partial charge in [0.05, 0.1) is 10.4 Å². The van der Waals surface area contributed by atoms with E-state index in [2.05, 4.69) is 36.6 Å². The van der Waals surface area contributed by atoms with Crippen LogP contribution in [0.5, 0.6) is 0 Å². The number of ether oxygens (including phenoxy) is 1. The highest BCUT2D eigenvalue weighted by atomic mass is 79.9. The number of amides is 2. The van der Waals surface area contributed by atoms with Gasteiger partial charge in [-0.15, -0.1) is 0 Å². The fourth-order valence-corrected chi connectivity index (χ4v) is 6.50. The lowest BCUT2D eigenvalue weighted by Gasteiger charge is -2.46. The van der Waals surface area contributed by atoms with Crippen LogP contribution in [0.4, 0.5) is 9.59 Å². The largest absolute Gasteiger partial charge is 0.465 e. The quantitative estimate of drug-likeness (QED) is 0.509. The first-order chi connectivity index (χ1) is 14.6. The second-order valence-electron chi connectivity index (χ2n) is 8.84. The van der Waals surface area contributed by atoms with Crippen LogP contribution in [0.15, 0.2) is 32.0 Å². The molecule has 0 aromatic heterocycles. The van der Waals surface area contributed by atoms with Crippen molar-refractivity contribution >= 4 is 54.1 Å². The van der Waals surface area contributed by atoms with Crippen molar-refractivity contribution in [3.05, 3.63) is 27.1 Å². The molecule has 9 nitrogen and oxygen atoms in total. The molecule has 0 unspecified atom stereocenters. The zero-order valence-electron chi connectivity index (χ0n) is 18.7. The number of hydrogen-bond donors (Lipinski definition) is 2. The van der Waals surface area contributed by atoms with Crippen LogP contribution in [-0.2, 0) is 14.8 Å². The van der Waals surface area contributed by atoms with Gasteiger partial charge in [0, 0.05) is 35.1 Å². The van der Waals surface area contributed by atoms with Crippen LogP contribution in [0, 0.1) is 5.41 Å². The van der Waals surface area contributed by atoms with Gasteiger partial charge in [-0.05, 0) is 52.9 Å². The molecule has 1 heterocycles. The van der Waals surface area contributed by atoms with Crippen molar-refractivity contribution in [2.75, 3.05) is 26.7 Å². The molecule has 0 radical (unpaired) electrons. The standard InChI is InChI=1S/C20H29Br2N3O6S/c1-6-24(5)18(28)31-12-20(19(2,3)4)10-14(11-25(20)17(26)27)23-32(29,30)16-9-13(21)7-8-15(16)22/h7-9,14,23H,6,10-12H2,1-5H3,(H,26,27)/t14-,20+/m1/s1. The van der Waals surface area contributed by atoms with Gasteiger partial charge >= 0.3 is 12.2 Å². The fourth-order valence-electron chi connectivity index (χ4n) is 3.77. The first-order valence-corrected chi connectivity index (χ1v) is 13.1. The predicted molar refractivity (Wildman–Crippen MR) is 127 cm³/mol. The van der Waals surface area contributed by atoms with E-state index < -0.39 is 39.2 Å². The van der Waals surface area contributed by atoms with E-state index in [1.165, 1.54) is 15.9 Å². The predicted octanol–water partition coefficient (Wildman–Crippen LogP) is 4.12. The number of carbonyl (C=O) groups excluding carboxylic acids is 1. The Hall–Kier alpha value is -1.37. The molecule has 1 aromatic rings. The number of sulfonamides is 1. The van der Waals surface area contributed by atoms with E-state index >= 15 is 0 Å². The van der Waals surface area contributed by atoms with Gasteiger partial charge in [0.15, 0.2) is 0 Å². The van der Waals surface area contributed by atoms with Crippen molar-refractivity contribution in [2.24, 2.45) is 5.41 Å². The minimum Gasteiger partial charge on any atom is -0.465 e. The lowest BCUT2D eigenvalue weighted by molar-refractivity contribution is -0.0235. The summed E-state index contributed by atoms with van der Waals surface area (Å²) in [7, 11) is -2.37. The SMILES string of the molecule is CCN(C)C(=O)OC[C@]1(C(C)(C)C)C[C@@H](NS(=O)(=O)c2cc(Br)ccc2Br)CN1C(=O)O. The van der Waals surface area contributed by atoms with Gasteiger partial charge in [0.2, 0.25) is 10.0 Å². The number of halogens is 2. The summed E-state index contributed by atoms with van der Waals surface area (Å²) in [4.78, 5) is 27.0. The summed E-state index contributed by atoms with van der Waals surface area (Å²) in [5.74, 6) is 0. The van der Waals surface area contributed by atoms with Crippen LogP contribution < -0.4 is 4.72 Å². The maximum Gasteiger partial charge on any atom is 0.409 e. The number of likely N-dealkylation sites (tertiary alicyclic amines) is 1. The summed E-state index contributed by atoms with van der Waals surface area (Å²) in [6, 6.07) is 4.08. The number of carbonyl (C=O) groups is 2. The molecule has 12 heteroatoms. The maximum absolute atomic E-state index is 13.1. The molecule has 180 valence electrons. The van der Waals surface area contributed by atoms with Gasteiger partial charge in [-0.25, -0.2) is 22.7 Å². The first-order valence-electron chi connectivity index (χ1n) is 10.0. The van der Waals surface area contributed by atoms with Crippen LogP contribution >= 0.6 is 31.9 Å². The molecule has 0 aliphatic carbocycles. The van der Waals surface area contributed by atoms with Crippen LogP contribution in [0.3, 0.4) is 0 Å². The number of nitrogens with zero attached hydrogens (tertiary/aromatic N) is 2. The van der Waals surface area contributed by atoms with Gasteiger partial charge in [-0.1, -0.05) is 36.7 Å². The zero-order valence-corrected chi connectivity index (χ0v) is 22.7. The summed E-state index contributed by atoms with van der Waals surface area (Å²) in [6.45, 7) is 7.52. The third-order valence-electron chi connectivity index (χ3n) is 5.86. The Balaban J connectivity index is 2.37. The lowest BCUT2D eigenvalue weighted by atomic mass is 9.72. The Morgan fingerprint density at radius 2 is 1.97 bits per heavy atom. The second-order valence-corrected chi connectivity index (χ2v) is 12.3. The number of rotatable bonds is 6. The van der Waals surface area contributed by atoms with E-state index in [1.807, 2.05) is 20.8 Å². The molecule has 1 fully saturated rings. The number of carboxylic acid groups (broad SMARTS) is 1. The van der Waals surface area contributed by atoms with Crippen molar-refractivity contribution in [1.82, 2.24) is 14.5 Å². The smallest absolute Gasteiger partial charge is 0.409 e. The molecule has 1 saturated heterocycles. The van der Waals surface area contributed by atoms with Crippen LogP contribution in [0.1, 0.15) is 34.1 Å². The van der Waals surface area contributed by atoms with Gasteiger partial charge in [-0.3, -0.25) is 4.90 Å². The van der Waals surface area contributed by atoms with Crippen molar-refractivity contribution in [3.63, 3.8) is 0 Å². The van der Waals surface area contributed by atoms with Crippen molar-refractivity contribution in [3.8, 4) is 0 Å². The normalized spacial score (nSPS) is 21.5. The highest BCUT2D eigenvalue weighted by molar-refractivity contribution is 9.11. The Bertz CT molecular complexity index is 982. The summed E-state index contributed by atoms with van der Waals surface area (Å²) in [5.41, 5.74) is -1.77. The molecule has 32 heavy (non-hydrogen) atoms. The van der Waals surface area contributed by atoms with E-state index in [-0.39, 0.29) is 24.5 Å². The summed E-state index contributed by atoms with van der Waals surface area (Å²) in [6.07, 6.45) is -1.62. The van der Waals surface area contributed by atoms with Crippen LogP contribution in [0.2, 0.25) is 0 Å². The Morgan fingerprint density at radius 3 is 2.50 bits per heavy atom. The molecule has 0 spiro atoms. The van der Waals surface area contributed by atoms with Crippen LogP contribution in [-0.4, -0.2) is 73.8 Å². The minimum atomic E-state index is -3.95. The van der Waals surface area contributed by atoms with E-state index in [0.717, 1.165) is 0 Å². The highest BCUT2D eigenvalue weighted by Gasteiger charge is 2.56. The molecule has 2 rings (SSSR count). The summed E-state index contributed by atoms with van der Waals surface area (Å²) < 4.78 is 35.2. The number of hydrogen-bond acceptors (Lipinski definition) is 5. The molecule has 1 aliphatic heterocycles. The van der Waals surface area contributed by atoms with Gasteiger partial charge in [-0.2, -0.15) is 0 Å². The average Bonchev–Trinajstić information content (AvgIpc) is 3.06. The molecule has 0 saturated carbocycles. The van der Waals surface area contributed by atoms with Gasteiger partial charge < -0.3 is 14.7 Å². The molecule has 0 bridgehead atoms. The zero-order chi connectivity index (χ0) is 24.5. The highest BCUT2D eigenvalue weighted by Crippen LogP contribution is 2.44.